The molecule has 1 aliphatic rings. The summed E-state index contributed by atoms with van der Waals surface area (Å²) in [6.07, 6.45) is 1.20. The average Bonchev–Trinajstić information content (AvgIpc) is 3.70. The second-order valence-corrected chi connectivity index (χ2v) is 11.6. The minimum absolute atomic E-state index is 0.0437. The molecule has 0 aliphatic heterocycles. The summed E-state index contributed by atoms with van der Waals surface area (Å²) in [4.78, 5) is 64.5. The van der Waals surface area contributed by atoms with Crippen LogP contribution in [0.25, 0.3) is 0 Å². The molecule has 1 saturated carbocycles. The zero-order valence-electron chi connectivity index (χ0n) is 24.3. The number of benzene rings is 1. The minimum Gasteiger partial charge on any atom is -0.456 e. The van der Waals surface area contributed by atoms with Crippen LogP contribution in [0, 0.1) is 0 Å². The van der Waals surface area contributed by atoms with Gasteiger partial charge >= 0.3 is 18.2 Å². The molecule has 1 heterocycles. The van der Waals surface area contributed by atoms with Crippen molar-refractivity contribution in [2.24, 2.45) is 0 Å². The van der Waals surface area contributed by atoms with Crippen LogP contribution >= 0.6 is 0 Å². The van der Waals surface area contributed by atoms with Crippen molar-refractivity contribution >= 4 is 24.1 Å². The number of ether oxygens (including phenoxy) is 3. The highest BCUT2D eigenvalue weighted by molar-refractivity contribution is 6.05. The summed E-state index contributed by atoms with van der Waals surface area (Å²) >= 11 is 0. The van der Waals surface area contributed by atoms with Gasteiger partial charge in [-0.15, -0.1) is 0 Å². The van der Waals surface area contributed by atoms with Gasteiger partial charge in [-0.2, -0.15) is 0 Å². The topological polar surface area (TPSA) is 145 Å². The van der Waals surface area contributed by atoms with E-state index in [9.17, 15) is 24.0 Å². The maximum absolute atomic E-state index is 13.7. The van der Waals surface area contributed by atoms with Gasteiger partial charge in [0, 0.05) is 24.8 Å². The van der Waals surface area contributed by atoms with Crippen LogP contribution in [0.3, 0.4) is 0 Å². The van der Waals surface area contributed by atoms with Gasteiger partial charge in [0.1, 0.15) is 17.8 Å². The summed E-state index contributed by atoms with van der Waals surface area (Å²) < 4.78 is 17.4. The standard InChI is InChI=1S/C29H38N4O8/c1-28(2,3)40-25(36)22-17-32(20-12-13-20)23(34)16-21(22)24(35)33(31-27(38)41-29(4,5)6)15-14-30-26(37)39-18-19-10-8-7-9-11-19/h7-11,16-17,20H,12-15,18H2,1-6H3,(H,30,37)(H,31,38). The Morgan fingerprint density at radius 3 is 2.15 bits per heavy atom. The third-order valence-corrected chi connectivity index (χ3v) is 5.56. The second kappa shape index (κ2) is 12.9. The highest BCUT2D eigenvalue weighted by Gasteiger charge is 2.32. The number of aromatic nitrogens is 1. The third kappa shape index (κ3) is 9.96. The van der Waals surface area contributed by atoms with Crippen molar-refractivity contribution in [3.8, 4) is 0 Å². The van der Waals surface area contributed by atoms with Crippen LogP contribution in [0.15, 0.2) is 47.4 Å². The van der Waals surface area contributed by atoms with E-state index in [-0.39, 0.29) is 36.9 Å². The second-order valence-electron chi connectivity index (χ2n) is 11.6. The normalized spacial score (nSPS) is 13.1. The Kier molecular flexibility index (Phi) is 9.79. The summed E-state index contributed by atoms with van der Waals surface area (Å²) in [7, 11) is 0. The van der Waals surface area contributed by atoms with Crippen molar-refractivity contribution in [2.45, 2.75) is 78.2 Å². The molecule has 0 radical (unpaired) electrons. The van der Waals surface area contributed by atoms with Gasteiger partial charge in [0.25, 0.3) is 11.5 Å². The molecular weight excluding hydrogens is 532 g/mol. The fourth-order valence-electron chi connectivity index (χ4n) is 3.67. The van der Waals surface area contributed by atoms with Crippen LogP contribution in [0.4, 0.5) is 9.59 Å². The number of alkyl carbamates (subject to hydrolysis) is 1. The zero-order valence-corrected chi connectivity index (χ0v) is 24.3. The van der Waals surface area contributed by atoms with Crippen molar-refractivity contribution in [3.05, 3.63) is 69.6 Å². The van der Waals surface area contributed by atoms with Crippen LogP contribution in [-0.4, -0.2) is 57.9 Å². The molecule has 1 fully saturated rings. The number of hydrogen-bond acceptors (Lipinski definition) is 8. The van der Waals surface area contributed by atoms with E-state index in [4.69, 9.17) is 14.2 Å². The highest BCUT2D eigenvalue weighted by Crippen LogP contribution is 2.34. The zero-order chi connectivity index (χ0) is 30.4. The lowest BCUT2D eigenvalue weighted by atomic mass is 10.1. The summed E-state index contributed by atoms with van der Waals surface area (Å²) in [5, 5.41) is 3.39. The number of rotatable bonds is 8. The van der Waals surface area contributed by atoms with Crippen LogP contribution in [0.5, 0.6) is 0 Å². The van der Waals surface area contributed by atoms with Crippen LogP contribution in [0.1, 0.15) is 86.7 Å². The number of nitrogens with one attached hydrogen (secondary N) is 2. The highest BCUT2D eigenvalue weighted by atomic mass is 16.6. The number of hydrogen-bond donors (Lipinski definition) is 2. The van der Waals surface area contributed by atoms with E-state index in [1.54, 1.807) is 53.7 Å². The number of pyridine rings is 1. The molecule has 0 saturated heterocycles. The first-order valence-corrected chi connectivity index (χ1v) is 13.4. The quantitative estimate of drug-likeness (QED) is 0.276. The maximum Gasteiger partial charge on any atom is 0.426 e. The van der Waals surface area contributed by atoms with Crippen molar-refractivity contribution in [1.29, 1.82) is 0 Å². The number of nitrogens with zero attached hydrogens (tertiary/aromatic N) is 2. The Bertz CT molecular complexity index is 1320. The maximum atomic E-state index is 13.7. The molecule has 0 unspecified atom stereocenters. The van der Waals surface area contributed by atoms with E-state index in [0.717, 1.165) is 29.5 Å². The Labute approximate surface area is 238 Å². The van der Waals surface area contributed by atoms with Gasteiger partial charge in [0.2, 0.25) is 0 Å². The number of carbonyl (C=O) groups is 4. The minimum atomic E-state index is -0.942. The summed E-state index contributed by atoms with van der Waals surface area (Å²) in [6, 6.07) is 10.1. The average molecular weight is 571 g/mol. The molecule has 2 N–H and O–H groups in total. The van der Waals surface area contributed by atoms with Crippen molar-refractivity contribution in [3.63, 3.8) is 0 Å². The molecule has 0 spiro atoms. The first-order chi connectivity index (χ1) is 19.1. The van der Waals surface area contributed by atoms with Gasteiger partial charge < -0.3 is 24.1 Å². The van der Waals surface area contributed by atoms with E-state index in [0.29, 0.717) is 0 Å². The van der Waals surface area contributed by atoms with Gasteiger partial charge in [-0.1, -0.05) is 30.3 Å². The predicted octanol–water partition coefficient (Wildman–Crippen LogP) is 3.95. The van der Waals surface area contributed by atoms with Crippen LogP contribution in [0.2, 0.25) is 0 Å². The lowest BCUT2D eigenvalue weighted by Crippen LogP contribution is -2.51. The molecule has 41 heavy (non-hydrogen) atoms. The van der Waals surface area contributed by atoms with Crippen molar-refractivity contribution in [2.75, 3.05) is 13.1 Å². The molecule has 0 bridgehead atoms. The summed E-state index contributed by atoms with van der Waals surface area (Å²) in [5.74, 6) is -1.66. The smallest absolute Gasteiger partial charge is 0.426 e. The lowest BCUT2D eigenvalue weighted by Gasteiger charge is -2.27. The molecule has 1 aliphatic carbocycles. The molecule has 2 aromatic rings. The van der Waals surface area contributed by atoms with E-state index < -0.39 is 40.8 Å². The molecule has 1 aromatic heterocycles. The van der Waals surface area contributed by atoms with E-state index >= 15 is 0 Å². The Morgan fingerprint density at radius 1 is 0.927 bits per heavy atom. The van der Waals surface area contributed by atoms with E-state index in [1.165, 1.54) is 10.8 Å². The number of amides is 3. The van der Waals surface area contributed by atoms with Gasteiger partial charge in [-0.05, 0) is 59.9 Å². The lowest BCUT2D eigenvalue weighted by molar-refractivity contribution is 0.00652. The Hall–Kier alpha value is -4.35. The SMILES string of the molecule is CC(C)(C)OC(=O)NN(CCNC(=O)OCc1ccccc1)C(=O)c1cc(=O)n(C2CC2)cc1C(=O)OC(C)(C)C. The van der Waals surface area contributed by atoms with Gasteiger partial charge in [0.15, 0.2) is 0 Å². The monoisotopic (exact) mass is 570 g/mol. The molecule has 1 aromatic carbocycles. The molecular formula is C29H38N4O8. The van der Waals surface area contributed by atoms with Gasteiger partial charge in [-0.3, -0.25) is 9.59 Å². The molecule has 12 heteroatoms. The third-order valence-electron chi connectivity index (χ3n) is 5.56. The fraction of sp³-hybridized carbons (Fsp3) is 0.483. The van der Waals surface area contributed by atoms with Crippen molar-refractivity contribution in [1.82, 2.24) is 20.3 Å². The van der Waals surface area contributed by atoms with Gasteiger partial charge in [-0.25, -0.2) is 24.8 Å². The number of carbonyl (C=O) groups excluding carboxylic acids is 4. The van der Waals surface area contributed by atoms with E-state index in [1.807, 2.05) is 18.2 Å². The number of hydrazine groups is 1. The molecule has 0 atom stereocenters. The molecule has 3 rings (SSSR count). The summed E-state index contributed by atoms with van der Waals surface area (Å²) in [5.41, 5.74) is 0.562. The van der Waals surface area contributed by atoms with E-state index in [2.05, 4.69) is 10.7 Å². The number of esters is 1. The Balaban J connectivity index is 1.82. The summed E-state index contributed by atoms with van der Waals surface area (Å²) in [6.45, 7) is 9.69. The first kappa shape index (κ1) is 31.2. The van der Waals surface area contributed by atoms with Gasteiger partial charge in [0.05, 0.1) is 17.7 Å². The predicted molar refractivity (Wildman–Crippen MR) is 149 cm³/mol. The Morgan fingerprint density at radius 2 is 1.56 bits per heavy atom. The fourth-order valence-corrected chi connectivity index (χ4v) is 3.67. The van der Waals surface area contributed by atoms with Crippen LogP contribution < -0.4 is 16.3 Å². The largest absolute Gasteiger partial charge is 0.456 e. The molecule has 3 amide bonds. The van der Waals surface area contributed by atoms with Crippen molar-refractivity contribution < 1.29 is 33.4 Å². The molecule has 12 nitrogen and oxygen atoms in total. The van der Waals surface area contributed by atoms with Crippen LogP contribution in [-0.2, 0) is 20.8 Å². The molecule has 222 valence electrons. The first-order valence-electron chi connectivity index (χ1n) is 13.4.